The van der Waals surface area contributed by atoms with E-state index in [0.717, 1.165) is 6.42 Å². The average Bonchev–Trinajstić information content (AvgIpc) is 2.00. The first-order valence-corrected chi connectivity index (χ1v) is 4.48. The molecule has 0 amide bonds. The van der Waals surface area contributed by atoms with Crippen molar-refractivity contribution in [3.05, 3.63) is 0 Å². The molecule has 0 aliphatic heterocycles. The van der Waals surface area contributed by atoms with Crippen LogP contribution >= 0.6 is 12.2 Å². The van der Waals surface area contributed by atoms with E-state index in [1.54, 1.807) is 6.34 Å². The number of rotatable bonds is 3. The molecule has 0 heterocycles. The van der Waals surface area contributed by atoms with E-state index in [-0.39, 0.29) is 0 Å². The first kappa shape index (κ1) is 11.4. The molecule has 0 rings (SSSR count). The third-order valence-corrected chi connectivity index (χ3v) is 1.61. The molecule has 0 bridgehead atoms. The van der Waals surface area contributed by atoms with E-state index in [1.807, 2.05) is 19.0 Å². The zero-order valence-electron chi connectivity index (χ0n) is 8.16. The summed E-state index contributed by atoms with van der Waals surface area (Å²) in [7, 11) is 3.82. The molecule has 0 unspecified atom stereocenters. The Bertz CT molecular complexity index is 166. The standard InChI is InChI=1S/C8H17N3S/c1-5-7(2)10-8(12)9-6-11(3)4/h6-7H,5H2,1-4H3,(H,10,12)/b9-6+/t7-/m0/s1. The van der Waals surface area contributed by atoms with Crippen LogP contribution in [0.4, 0.5) is 0 Å². The summed E-state index contributed by atoms with van der Waals surface area (Å²) in [5, 5.41) is 3.65. The van der Waals surface area contributed by atoms with Gasteiger partial charge in [-0.05, 0) is 25.6 Å². The van der Waals surface area contributed by atoms with Crippen LogP contribution < -0.4 is 5.32 Å². The molecule has 0 saturated heterocycles. The molecule has 0 radical (unpaired) electrons. The van der Waals surface area contributed by atoms with Crippen molar-refractivity contribution in [3.8, 4) is 0 Å². The lowest BCUT2D eigenvalue weighted by atomic mass is 10.3. The smallest absolute Gasteiger partial charge is 0.194 e. The van der Waals surface area contributed by atoms with E-state index < -0.39 is 0 Å². The van der Waals surface area contributed by atoms with Crippen LogP contribution in [0.1, 0.15) is 20.3 Å². The van der Waals surface area contributed by atoms with Crippen LogP contribution in [-0.2, 0) is 0 Å². The molecule has 3 nitrogen and oxygen atoms in total. The van der Waals surface area contributed by atoms with Crippen LogP contribution in [0.3, 0.4) is 0 Å². The van der Waals surface area contributed by atoms with Crippen LogP contribution in [0.15, 0.2) is 4.99 Å². The maximum absolute atomic E-state index is 4.98. The largest absolute Gasteiger partial charge is 0.369 e. The van der Waals surface area contributed by atoms with E-state index in [1.165, 1.54) is 0 Å². The van der Waals surface area contributed by atoms with Gasteiger partial charge >= 0.3 is 0 Å². The molecule has 1 atom stereocenters. The Balaban J connectivity index is 3.74. The highest BCUT2D eigenvalue weighted by atomic mass is 32.1. The molecule has 1 N–H and O–H groups in total. The van der Waals surface area contributed by atoms with Gasteiger partial charge in [0.15, 0.2) is 5.11 Å². The zero-order chi connectivity index (χ0) is 9.56. The summed E-state index contributed by atoms with van der Waals surface area (Å²) in [4.78, 5) is 5.88. The molecule has 0 saturated carbocycles. The summed E-state index contributed by atoms with van der Waals surface area (Å²) in [6.07, 6.45) is 2.75. The molecule has 0 aliphatic rings. The second-order valence-electron chi connectivity index (χ2n) is 2.97. The van der Waals surface area contributed by atoms with E-state index in [9.17, 15) is 0 Å². The number of aliphatic imine (C=N–C) groups is 1. The van der Waals surface area contributed by atoms with Crippen molar-refractivity contribution in [3.63, 3.8) is 0 Å². The Morgan fingerprint density at radius 3 is 2.67 bits per heavy atom. The Morgan fingerprint density at radius 2 is 2.25 bits per heavy atom. The van der Waals surface area contributed by atoms with Crippen molar-refractivity contribution < 1.29 is 0 Å². The van der Waals surface area contributed by atoms with Crippen LogP contribution in [-0.4, -0.2) is 36.5 Å². The Labute approximate surface area is 79.9 Å². The lowest BCUT2D eigenvalue weighted by Gasteiger charge is -2.10. The van der Waals surface area contributed by atoms with Gasteiger partial charge in [-0.25, -0.2) is 4.99 Å². The Hall–Kier alpha value is -0.640. The molecule has 0 aromatic heterocycles. The van der Waals surface area contributed by atoms with Gasteiger partial charge in [-0.3, -0.25) is 0 Å². The van der Waals surface area contributed by atoms with E-state index >= 15 is 0 Å². The van der Waals surface area contributed by atoms with Gasteiger partial charge in [0.2, 0.25) is 0 Å². The number of hydrogen-bond donors (Lipinski definition) is 1. The summed E-state index contributed by atoms with van der Waals surface area (Å²) in [6, 6.07) is 0.400. The minimum Gasteiger partial charge on any atom is -0.369 e. The van der Waals surface area contributed by atoms with Gasteiger partial charge < -0.3 is 10.2 Å². The minimum atomic E-state index is 0.400. The summed E-state index contributed by atoms with van der Waals surface area (Å²) in [5.41, 5.74) is 0. The molecule has 0 aliphatic carbocycles. The normalized spacial score (nSPS) is 13.0. The second kappa shape index (κ2) is 5.94. The van der Waals surface area contributed by atoms with Crippen LogP contribution in [0, 0.1) is 0 Å². The topological polar surface area (TPSA) is 27.6 Å². The van der Waals surface area contributed by atoms with Crippen molar-refractivity contribution in [1.82, 2.24) is 10.2 Å². The first-order valence-electron chi connectivity index (χ1n) is 4.07. The fraction of sp³-hybridized carbons (Fsp3) is 0.750. The maximum atomic E-state index is 4.98. The lowest BCUT2D eigenvalue weighted by Crippen LogP contribution is -2.29. The molecular weight excluding hydrogens is 170 g/mol. The third kappa shape index (κ3) is 6.09. The number of hydrogen-bond acceptors (Lipinski definition) is 1. The minimum absolute atomic E-state index is 0.400. The quantitative estimate of drug-likeness (QED) is 0.409. The van der Waals surface area contributed by atoms with Crippen molar-refractivity contribution in [2.24, 2.45) is 4.99 Å². The summed E-state index contributed by atoms with van der Waals surface area (Å²) in [6.45, 7) is 4.19. The van der Waals surface area contributed by atoms with Crippen molar-refractivity contribution in [2.45, 2.75) is 26.3 Å². The van der Waals surface area contributed by atoms with E-state index in [4.69, 9.17) is 12.2 Å². The van der Waals surface area contributed by atoms with Gasteiger partial charge in [-0.1, -0.05) is 6.92 Å². The van der Waals surface area contributed by atoms with Crippen LogP contribution in [0.25, 0.3) is 0 Å². The Kier molecular flexibility index (Phi) is 5.62. The van der Waals surface area contributed by atoms with Gasteiger partial charge in [0, 0.05) is 20.1 Å². The monoisotopic (exact) mass is 187 g/mol. The van der Waals surface area contributed by atoms with Crippen molar-refractivity contribution in [1.29, 1.82) is 0 Å². The highest BCUT2D eigenvalue weighted by Crippen LogP contribution is 1.88. The van der Waals surface area contributed by atoms with Crippen LogP contribution in [0.5, 0.6) is 0 Å². The molecule has 0 aromatic carbocycles. The van der Waals surface area contributed by atoms with Gasteiger partial charge in [-0.2, -0.15) is 0 Å². The molecule has 0 aromatic rings. The highest BCUT2D eigenvalue weighted by molar-refractivity contribution is 7.80. The zero-order valence-corrected chi connectivity index (χ0v) is 8.98. The molecule has 0 fully saturated rings. The summed E-state index contributed by atoms with van der Waals surface area (Å²) in [5.74, 6) is 0. The average molecular weight is 187 g/mol. The van der Waals surface area contributed by atoms with Crippen molar-refractivity contribution in [2.75, 3.05) is 14.1 Å². The van der Waals surface area contributed by atoms with Gasteiger partial charge in [0.05, 0.1) is 6.34 Å². The van der Waals surface area contributed by atoms with Gasteiger partial charge in [0.1, 0.15) is 0 Å². The van der Waals surface area contributed by atoms with Crippen molar-refractivity contribution >= 4 is 23.7 Å². The number of thiocarbonyl (C=S) groups is 1. The van der Waals surface area contributed by atoms with E-state index in [2.05, 4.69) is 24.2 Å². The fourth-order valence-electron chi connectivity index (χ4n) is 0.518. The Morgan fingerprint density at radius 1 is 1.67 bits per heavy atom. The number of nitrogens with zero attached hydrogens (tertiary/aromatic N) is 2. The molecule has 70 valence electrons. The summed E-state index contributed by atoms with van der Waals surface area (Å²) >= 11 is 4.98. The lowest BCUT2D eigenvalue weighted by molar-refractivity contribution is 0.634. The highest BCUT2D eigenvalue weighted by Gasteiger charge is 1.97. The third-order valence-electron chi connectivity index (χ3n) is 1.39. The SMILES string of the molecule is CC[C@H](C)NC(=S)/N=C/N(C)C. The van der Waals surface area contributed by atoms with Gasteiger partial charge in [-0.15, -0.1) is 0 Å². The van der Waals surface area contributed by atoms with E-state index in [0.29, 0.717) is 11.2 Å². The second-order valence-corrected chi connectivity index (χ2v) is 3.35. The molecule has 4 heteroatoms. The molecule has 0 spiro atoms. The predicted octanol–water partition coefficient (Wildman–Crippen LogP) is 1.25. The van der Waals surface area contributed by atoms with Crippen LogP contribution in [0.2, 0.25) is 0 Å². The fourth-order valence-corrected chi connectivity index (χ4v) is 0.766. The molecule has 12 heavy (non-hydrogen) atoms. The predicted molar refractivity (Wildman–Crippen MR) is 57.7 cm³/mol. The van der Waals surface area contributed by atoms with Gasteiger partial charge in [0.25, 0.3) is 0 Å². The number of nitrogens with one attached hydrogen (secondary N) is 1. The molecular formula is C8H17N3S. The maximum Gasteiger partial charge on any atom is 0.194 e. The summed E-state index contributed by atoms with van der Waals surface area (Å²) < 4.78 is 0. The first-order chi connectivity index (χ1) is 5.56.